The van der Waals surface area contributed by atoms with Gasteiger partial charge in [-0.2, -0.15) is 0 Å². The van der Waals surface area contributed by atoms with Gasteiger partial charge in [-0.1, -0.05) is 19.1 Å². The van der Waals surface area contributed by atoms with Crippen molar-refractivity contribution in [3.8, 4) is 11.5 Å². The summed E-state index contributed by atoms with van der Waals surface area (Å²) in [5.41, 5.74) is 6.63. The van der Waals surface area contributed by atoms with Gasteiger partial charge in [-0.25, -0.2) is 0 Å². The Morgan fingerprint density at radius 3 is 2.67 bits per heavy atom. The Morgan fingerprint density at radius 1 is 1.33 bits per heavy atom. The lowest BCUT2D eigenvalue weighted by atomic mass is 10.1. The number of hydrogen-bond acceptors (Lipinski definition) is 4. The highest BCUT2D eigenvalue weighted by atomic mass is 16.5. The number of carbonyl (C=O) groups excluding carboxylic acids is 1. The maximum Gasteiger partial charge on any atom is 0.252 e. The molecule has 0 aliphatic carbocycles. The van der Waals surface area contributed by atoms with Gasteiger partial charge in [0.2, 0.25) is 0 Å². The lowest BCUT2D eigenvalue weighted by Crippen LogP contribution is -2.16. The molecule has 0 saturated heterocycles. The Bertz CT molecular complexity index is 607. The molecule has 0 radical (unpaired) electrons. The summed E-state index contributed by atoms with van der Waals surface area (Å²) >= 11 is 0. The van der Waals surface area contributed by atoms with Gasteiger partial charge < -0.3 is 15.8 Å². The fraction of sp³-hybridized carbons (Fsp3) is 0.250. The van der Waals surface area contributed by atoms with E-state index in [0.717, 1.165) is 12.1 Å². The van der Waals surface area contributed by atoms with E-state index < -0.39 is 5.91 Å². The Labute approximate surface area is 124 Å². The number of primary amides is 1. The van der Waals surface area contributed by atoms with Crippen LogP contribution in [0.3, 0.4) is 0 Å². The third-order valence-corrected chi connectivity index (χ3v) is 3.25. The average molecular weight is 285 g/mol. The molecule has 5 nitrogen and oxygen atoms in total. The van der Waals surface area contributed by atoms with E-state index in [1.54, 1.807) is 30.5 Å². The molecule has 1 amide bonds. The number of hydrogen-bond donors (Lipinski definition) is 2. The second-order valence-corrected chi connectivity index (χ2v) is 4.63. The molecule has 2 aromatic rings. The number of para-hydroxylation sites is 1. The number of nitrogens with zero attached hydrogens (tertiary/aromatic N) is 1. The van der Waals surface area contributed by atoms with Gasteiger partial charge in [0.15, 0.2) is 0 Å². The van der Waals surface area contributed by atoms with Crippen LogP contribution < -0.4 is 15.8 Å². The van der Waals surface area contributed by atoms with Gasteiger partial charge in [0.25, 0.3) is 5.91 Å². The Balaban J connectivity index is 2.19. The summed E-state index contributed by atoms with van der Waals surface area (Å²) in [5, 5.41) is 3.20. The summed E-state index contributed by atoms with van der Waals surface area (Å²) < 4.78 is 5.69. The number of ether oxygens (including phenoxy) is 1. The minimum Gasteiger partial charge on any atom is -0.455 e. The predicted molar refractivity (Wildman–Crippen MR) is 81.4 cm³/mol. The van der Waals surface area contributed by atoms with Gasteiger partial charge in [-0.05, 0) is 37.7 Å². The second-order valence-electron chi connectivity index (χ2n) is 4.63. The van der Waals surface area contributed by atoms with E-state index >= 15 is 0 Å². The Kier molecular flexibility index (Phi) is 4.90. The van der Waals surface area contributed by atoms with Crippen molar-refractivity contribution in [2.24, 2.45) is 5.73 Å². The van der Waals surface area contributed by atoms with Gasteiger partial charge in [-0.15, -0.1) is 0 Å². The molecule has 0 saturated carbocycles. The summed E-state index contributed by atoms with van der Waals surface area (Å²) in [6.45, 7) is 2.09. The number of amides is 1. The lowest BCUT2D eigenvalue weighted by molar-refractivity contribution is 0.0998. The van der Waals surface area contributed by atoms with Crippen LogP contribution in [0.15, 0.2) is 42.6 Å². The van der Waals surface area contributed by atoms with Crippen molar-refractivity contribution < 1.29 is 9.53 Å². The fourth-order valence-corrected chi connectivity index (χ4v) is 2.11. The van der Waals surface area contributed by atoms with Gasteiger partial charge >= 0.3 is 0 Å². The van der Waals surface area contributed by atoms with Gasteiger partial charge in [0.1, 0.15) is 11.5 Å². The highest BCUT2D eigenvalue weighted by Gasteiger charge is 2.11. The first-order chi connectivity index (χ1) is 10.2. The maximum atomic E-state index is 11.4. The number of aromatic nitrogens is 1. The molecule has 2 rings (SSSR count). The molecule has 1 aromatic carbocycles. The largest absolute Gasteiger partial charge is 0.455 e. The first-order valence-corrected chi connectivity index (χ1v) is 6.85. The van der Waals surface area contributed by atoms with Crippen molar-refractivity contribution in [3.63, 3.8) is 0 Å². The van der Waals surface area contributed by atoms with Crippen LogP contribution in [-0.4, -0.2) is 17.9 Å². The van der Waals surface area contributed by atoms with Crippen LogP contribution in [0.1, 0.15) is 35.4 Å². The molecule has 1 unspecified atom stereocenters. The predicted octanol–water partition coefficient (Wildman–Crippen LogP) is 2.64. The normalized spacial score (nSPS) is 11.9. The van der Waals surface area contributed by atoms with E-state index in [0.29, 0.717) is 17.1 Å². The molecule has 21 heavy (non-hydrogen) atoms. The lowest BCUT2D eigenvalue weighted by Gasteiger charge is -2.14. The quantitative estimate of drug-likeness (QED) is 0.855. The van der Waals surface area contributed by atoms with Crippen molar-refractivity contribution in [2.45, 2.75) is 19.4 Å². The molecule has 3 N–H and O–H groups in total. The number of nitrogens with one attached hydrogen (secondary N) is 1. The van der Waals surface area contributed by atoms with Crippen LogP contribution in [0.2, 0.25) is 0 Å². The van der Waals surface area contributed by atoms with Crippen LogP contribution >= 0.6 is 0 Å². The van der Waals surface area contributed by atoms with E-state index in [-0.39, 0.29) is 6.04 Å². The molecule has 0 fully saturated rings. The van der Waals surface area contributed by atoms with E-state index in [9.17, 15) is 4.79 Å². The zero-order valence-electron chi connectivity index (χ0n) is 12.2. The molecule has 1 heterocycles. The van der Waals surface area contributed by atoms with Gasteiger partial charge in [0.05, 0.1) is 17.5 Å². The summed E-state index contributed by atoms with van der Waals surface area (Å²) in [7, 11) is 1.91. The first kappa shape index (κ1) is 15.0. The first-order valence-electron chi connectivity index (χ1n) is 6.85. The smallest absolute Gasteiger partial charge is 0.252 e. The number of benzene rings is 1. The van der Waals surface area contributed by atoms with Gasteiger partial charge in [-0.3, -0.25) is 9.78 Å². The van der Waals surface area contributed by atoms with Crippen molar-refractivity contribution in [1.82, 2.24) is 10.3 Å². The molecule has 1 atom stereocenters. The molecular weight excluding hydrogens is 266 g/mol. The number of rotatable bonds is 6. The number of pyridine rings is 1. The van der Waals surface area contributed by atoms with Crippen molar-refractivity contribution in [2.75, 3.05) is 7.05 Å². The highest BCUT2D eigenvalue weighted by molar-refractivity contribution is 5.95. The topological polar surface area (TPSA) is 77.2 Å². The van der Waals surface area contributed by atoms with Crippen molar-refractivity contribution >= 4 is 5.91 Å². The zero-order valence-corrected chi connectivity index (χ0v) is 12.2. The fourth-order valence-electron chi connectivity index (χ4n) is 2.11. The van der Waals surface area contributed by atoms with Crippen LogP contribution in [0, 0.1) is 0 Å². The SMILES string of the molecule is CCC(NC)c1ccc(Oc2ccccc2C(N)=O)cn1. The third kappa shape index (κ3) is 3.58. The summed E-state index contributed by atoms with van der Waals surface area (Å²) in [6.07, 6.45) is 2.60. The molecule has 0 aliphatic rings. The van der Waals surface area contributed by atoms with E-state index in [4.69, 9.17) is 10.5 Å². The molecule has 110 valence electrons. The number of nitrogens with two attached hydrogens (primary N) is 1. The molecule has 0 spiro atoms. The minimum absolute atomic E-state index is 0.219. The number of carbonyl (C=O) groups is 1. The van der Waals surface area contributed by atoms with E-state index in [1.165, 1.54) is 0 Å². The van der Waals surface area contributed by atoms with Gasteiger partial charge in [0, 0.05) is 6.04 Å². The Hall–Kier alpha value is -2.40. The average Bonchev–Trinajstić information content (AvgIpc) is 2.50. The van der Waals surface area contributed by atoms with Crippen molar-refractivity contribution in [1.29, 1.82) is 0 Å². The van der Waals surface area contributed by atoms with Crippen molar-refractivity contribution in [3.05, 3.63) is 53.9 Å². The summed E-state index contributed by atoms with van der Waals surface area (Å²) in [6, 6.07) is 10.8. The molecule has 5 heteroatoms. The molecule has 0 aliphatic heterocycles. The molecule has 0 bridgehead atoms. The van der Waals surface area contributed by atoms with Crippen LogP contribution in [0.25, 0.3) is 0 Å². The molecular formula is C16H19N3O2. The van der Waals surface area contributed by atoms with Crippen LogP contribution in [0.4, 0.5) is 0 Å². The monoisotopic (exact) mass is 285 g/mol. The highest BCUT2D eigenvalue weighted by Crippen LogP contribution is 2.25. The third-order valence-electron chi connectivity index (χ3n) is 3.25. The second kappa shape index (κ2) is 6.85. The van der Waals surface area contributed by atoms with Crippen LogP contribution in [0.5, 0.6) is 11.5 Å². The zero-order chi connectivity index (χ0) is 15.2. The summed E-state index contributed by atoms with van der Waals surface area (Å²) in [5.74, 6) is 0.482. The summed E-state index contributed by atoms with van der Waals surface area (Å²) in [4.78, 5) is 15.7. The Morgan fingerprint density at radius 2 is 2.10 bits per heavy atom. The van der Waals surface area contributed by atoms with E-state index in [1.807, 2.05) is 19.2 Å². The van der Waals surface area contributed by atoms with E-state index in [2.05, 4.69) is 17.2 Å². The maximum absolute atomic E-state index is 11.4. The van der Waals surface area contributed by atoms with Crippen LogP contribution in [-0.2, 0) is 0 Å². The molecule has 1 aromatic heterocycles. The minimum atomic E-state index is -0.517. The standard InChI is InChI=1S/C16H19N3O2/c1-3-13(18-2)14-9-8-11(10-19-14)21-15-7-5-4-6-12(15)16(17)20/h4-10,13,18H,3H2,1-2H3,(H2,17,20).